The predicted octanol–water partition coefficient (Wildman–Crippen LogP) is 2.49. The number of rotatable bonds is 7. The first-order valence-corrected chi connectivity index (χ1v) is 9.66. The minimum Gasteiger partial charge on any atom is -0.497 e. The van der Waals surface area contributed by atoms with Gasteiger partial charge in [0.15, 0.2) is 0 Å². The van der Waals surface area contributed by atoms with Crippen molar-refractivity contribution in [2.75, 3.05) is 18.1 Å². The number of ether oxygens (including phenoxy) is 1. The van der Waals surface area contributed by atoms with Crippen LogP contribution in [0.1, 0.15) is 24.1 Å². The molecule has 0 saturated carbocycles. The average Bonchev–Trinajstić information content (AvgIpc) is 2.53. The van der Waals surface area contributed by atoms with E-state index < -0.39 is 10.0 Å². The number of benzene rings is 2. The third kappa shape index (κ3) is 6.11. The van der Waals surface area contributed by atoms with Crippen LogP contribution in [0.3, 0.4) is 0 Å². The first kappa shape index (κ1) is 18.8. The number of sulfonamides is 1. The lowest BCUT2D eigenvalue weighted by atomic mass is 10.1. The second-order valence-corrected chi connectivity index (χ2v) is 7.57. The van der Waals surface area contributed by atoms with Gasteiger partial charge in [-0.15, -0.1) is 0 Å². The molecule has 1 atom stereocenters. The Labute approximate surface area is 148 Å². The van der Waals surface area contributed by atoms with Gasteiger partial charge in [0.05, 0.1) is 25.8 Å². The van der Waals surface area contributed by atoms with Gasteiger partial charge in [-0.05, 0) is 42.3 Å². The summed E-state index contributed by atoms with van der Waals surface area (Å²) in [6.07, 6.45) is 1.34. The summed E-state index contributed by atoms with van der Waals surface area (Å²) in [6.45, 7) is 1.85. The second kappa shape index (κ2) is 8.02. The number of anilines is 1. The summed E-state index contributed by atoms with van der Waals surface area (Å²) in [5, 5.41) is 2.92. The Bertz CT molecular complexity index is 850. The van der Waals surface area contributed by atoms with E-state index in [-0.39, 0.29) is 18.4 Å². The summed E-state index contributed by atoms with van der Waals surface area (Å²) in [7, 11) is -1.76. The molecule has 0 saturated heterocycles. The minimum absolute atomic E-state index is 0.123. The maximum atomic E-state index is 12.2. The molecule has 1 amide bonds. The molecule has 0 aromatic heterocycles. The van der Waals surface area contributed by atoms with Gasteiger partial charge in [0.25, 0.3) is 0 Å². The lowest BCUT2D eigenvalue weighted by Gasteiger charge is -2.16. The van der Waals surface area contributed by atoms with E-state index in [4.69, 9.17) is 4.74 Å². The van der Waals surface area contributed by atoms with Crippen LogP contribution in [0.15, 0.2) is 48.5 Å². The molecule has 0 aliphatic heterocycles. The van der Waals surface area contributed by atoms with Crippen molar-refractivity contribution in [2.45, 2.75) is 19.4 Å². The molecule has 0 heterocycles. The largest absolute Gasteiger partial charge is 0.497 e. The predicted molar refractivity (Wildman–Crippen MR) is 98.2 cm³/mol. The van der Waals surface area contributed by atoms with Crippen LogP contribution in [0, 0.1) is 0 Å². The van der Waals surface area contributed by atoms with Crippen molar-refractivity contribution >= 4 is 21.6 Å². The van der Waals surface area contributed by atoms with Crippen LogP contribution in [-0.2, 0) is 21.2 Å². The standard InChI is InChI=1S/C18H22N2O4S/c1-13(15-7-5-8-16(12-15)20-25(3,22)23)19-18(21)11-14-6-4-9-17(10-14)24-2/h4-10,12-13,20H,11H2,1-3H3,(H,19,21)/t13-/m1/s1. The molecule has 134 valence electrons. The van der Waals surface area contributed by atoms with Crippen LogP contribution in [-0.4, -0.2) is 27.7 Å². The summed E-state index contributed by atoms with van der Waals surface area (Å²) in [4.78, 5) is 12.2. The van der Waals surface area contributed by atoms with Crippen molar-refractivity contribution in [1.29, 1.82) is 0 Å². The first-order valence-electron chi connectivity index (χ1n) is 7.77. The van der Waals surface area contributed by atoms with Crippen LogP contribution in [0.25, 0.3) is 0 Å². The van der Waals surface area contributed by atoms with Crippen molar-refractivity contribution in [3.05, 3.63) is 59.7 Å². The highest BCUT2D eigenvalue weighted by atomic mass is 32.2. The zero-order chi connectivity index (χ0) is 18.4. The van der Waals surface area contributed by atoms with Crippen molar-refractivity contribution in [2.24, 2.45) is 0 Å². The Morgan fingerprint density at radius 3 is 2.56 bits per heavy atom. The van der Waals surface area contributed by atoms with Crippen molar-refractivity contribution < 1.29 is 17.9 Å². The van der Waals surface area contributed by atoms with E-state index >= 15 is 0 Å². The van der Waals surface area contributed by atoms with Crippen LogP contribution >= 0.6 is 0 Å². The zero-order valence-corrected chi connectivity index (χ0v) is 15.3. The molecule has 7 heteroatoms. The average molecular weight is 362 g/mol. The summed E-state index contributed by atoms with van der Waals surface area (Å²) < 4.78 is 30.2. The SMILES string of the molecule is COc1cccc(CC(=O)N[C@H](C)c2cccc(NS(C)(=O)=O)c2)c1. The van der Waals surface area contributed by atoms with Gasteiger partial charge in [-0.25, -0.2) is 8.42 Å². The lowest BCUT2D eigenvalue weighted by Crippen LogP contribution is -2.28. The number of hydrogen-bond acceptors (Lipinski definition) is 4. The smallest absolute Gasteiger partial charge is 0.229 e. The second-order valence-electron chi connectivity index (χ2n) is 5.82. The highest BCUT2D eigenvalue weighted by Crippen LogP contribution is 2.19. The van der Waals surface area contributed by atoms with E-state index in [2.05, 4.69) is 10.0 Å². The number of hydrogen-bond donors (Lipinski definition) is 2. The van der Waals surface area contributed by atoms with Crippen molar-refractivity contribution in [3.63, 3.8) is 0 Å². The Morgan fingerprint density at radius 2 is 1.88 bits per heavy atom. The summed E-state index contributed by atoms with van der Waals surface area (Å²) in [5.41, 5.74) is 2.14. The normalized spacial score (nSPS) is 12.3. The van der Waals surface area contributed by atoms with Crippen LogP contribution < -0.4 is 14.8 Å². The van der Waals surface area contributed by atoms with E-state index in [9.17, 15) is 13.2 Å². The molecule has 2 aromatic carbocycles. The minimum atomic E-state index is -3.34. The molecule has 25 heavy (non-hydrogen) atoms. The van der Waals surface area contributed by atoms with Gasteiger partial charge >= 0.3 is 0 Å². The van der Waals surface area contributed by atoms with Crippen LogP contribution in [0.5, 0.6) is 5.75 Å². The lowest BCUT2D eigenvalue weighted by molar-refractivity contribution is -0.121. The van der Waals surface area contributed by atoms with Crippen LogP contribution in [0.4, 0.5) is 5.69 Å². The molecule has 0 spiro atoms. The van der Waals surface area contributed by atoms with E-state index in [1.54, 1.807) is 25.3 Å². The van der Waals surface area contributed by atoms with Crippen LogP contribution in [0.2, 0.25) is 0 Å². The monoisotopic (exact) mass is 362 g/mol. The molecule has 0 bridgehead atoms. The van der Waals surface area contributed by atoms with Gasteiger partial charge in [-0.2, -0.15) is 0 Å². The number of carbonyl (C=O) groups excluding carboxylic acids is 1. The Hall–Kier alpha value is -2.54. The Morgan fingerprint density at radius 1 is 1.16 bits per heavy atom. The number of methoxy groups -OCH3 is 1. The fourth-order valence-electron chi connectivity index (χ4n) is 2.43. The van der Waals surface area contributed by atoms with E-state index in [1.807, 2.05) is 37.3 Å². The highest BCUT2D eigenvalue weighted by molar-refractivity contribution is 7.92. The molecular formula is C18H22N2O4S. The fourth-order valence-corrected chi connectivity index (χ4v) is 2.98. The van der Waals surface area contributed by atoms with E-state index in [0.717, 1.165) is 17.4 Å². The number of amides is 1. The molecule has 2 N–H and O–H groups in total. The van der Waals surface area contributed by atoms with Gasteiger partial charge in [0.1, 0.15) is 5.75 Å². The molecular weight excluding hydrogens is 340 g/mol. The Balaban J connectivity index is 2.02. The van der Waals surface area contributed by atoms with Gasteiger partial charge < -0.3 is 10.1 Å². The van der Waals surface area contributed by atoms with Crippen molar-refractivity contribution in [3.8, 4) is 5.75 Å². The first-order chi connectivity index (χ1) is 11.8. The maximum absolute atomic E-state index is 12.2. The summed E-state index contributed by atoms with van der Waals surface area (Å²) >= 11 is 0. The molecule has 0 aliphatic rings. The molecule has 0 unspecified atom stereocenters. The molecule has 6 nitrogen and oxygen atoms in total. The molecule has 0 radical (unpaired) electrons. The summed E-state index contributed by atoms with van der Waals surface area (Å²) in [6, 6.07) is 14.0. The molecule has 0 fully saturated rings. The third-order valence-electron chi connectivity index (χ3n) is 3.57. The third-order valence-corrected chi connectivity index (χ3v) is 4.17. The molecule has 2 aromatic rings. The van der Waals surface area contributed by atoms with Gasteiger partial charge in [-0.3, -0.25) is 9.52 Å². The number of nitrogens with one attached hydrogen (secondary N) is 2. The highest BCUT2D eigenvalue weighted by Gasteiger charge is 2.12. The number of carbonyl (C=O) groups is 1. The topological polar surface area (TPSA) is 84.5 Å². The van der Waals surface area contributed by atoms with Gasteiger partial charge in [0.2, 0.25) is 15.9 Å². The summed E-state index contributed by atoms with van der Waals surface area (Å²) in [5.74, 6) is 0.583. The van der Waals surface area contributed by atoms with E-state index in [0.29, 0.717) is 11.4 Å². The van der Waals surface area contributed by atoms with Gasteiger partial charge in [0, 0.05) is 5.69 Å². The zero-order valence-electron chi connectivity index (χ0n) is 14.4. The maximum Gasteiger partial charge on any atom is 0.229 e. The quantitative estimate of drug-likeness (QED) is 0.792. The van der Waals surface area contributed by atoms with E-state index in [1.165, 1.54) is 0 Å². The fraction of sp³-hybridized carbons (Fsp3) is 0.278. The molecule has 0 aliphatic carbocycles. The van der Waals surface area contributed by atoms with Gasteiger partial charge in [-0.1, -0.05) is 24.3 Å². The van der Waals surface area contributed by atoms with Crippen molar-refractivity contribution in [1.82, 2.24) is 5.32 Å². The molecule has 2 rings (SSSR count). The Kier molecular flexibility index (Phi) is 6.03.